The van der Waals surface area contributed by atoms with E-state index in [-0.39, 0.29) is 5.82 Å². The number of nitrogens with two attached hydrogens (primary N) is 1. The first kappa shape index (κ1) is 9.93. The minimum absolute atomic E-state index is 0.156. The van der Waals surface area contributed by atoms with E-state index in [0.29, 0.717) is 16.1 Å². The molecule has 2 N–H and O–H groups in total. The van der Waals surface area contributed by atoms with Crippen molar-refractivity contribution in [3.05, 3.63) is 47.4 Å². The molecule has 0 amide bonds. The molecule has 0 saturated heterocycles. The van der Waals surface area contributed by atoms with Crippen LogP contribution in [0.2, 0.25) is 5.02 Å². The van der Waals surface area contributed by atoms with Gasteiger partial charge in [-0.3, -0.25) is 0 Å². The lowest BCUT2D eigenvalue weighted by Gasteiger charge is -2.05. The third-order valence-corrected chi connectivity index (χ3v) is 2.37. The monoisotopic (exact) mass is 222 g/mol. The molecule has 4 heteroatoms. The van der Waals surface area contributed by atoms with Crippen LogP contribution in [-0.4, -0.2) is 4.98 Å². The molecule has 15 heavy (non-hydrogen) atoms. The first-order chi connectivity index (χ1) is 7.18. The van der Waals surface area contributed by atoms with Crippen molar-refractivity contribution in [3.8, 4) is 11.1 Å². The van der Waals surface area contributed by atoms with Gasteiger partial charge in [0.25, 0.3) is 0 Å². The van der Waals surface area contributed by atoms with Crippen LogP contribution < -0.4 is 5.73 Å². The summed E-state index contributed by atoms with van der Waals surface area (Å²) in [6, 6.07) is 8.19. The van der Waals surface area contributed by atoms with E-state index in [0.717, 1.165) is 0 Å². The van der Waals surface area contributed by atoms with Gasteiger partial charge in [0.2, 0.25) is 0 Å². The summed E-state index contributed by atoms with van der Waals surface area (Å²) in [5.74, 6) is -0.265. The van der Waals surface area contributed by atoms with E-state index in [1.807, 2.05) is 0 Å². The lowest BCUT2D eigenvalue weighted by atomic mass is 10.1. The molecule has 0 fully saturated rings. The zero-order chi connectivity index (χ0) is 10.8. The number of anilines is 1. The Morgan fingerprint density at radius 3 is 2.60 bits per heavy atom. The van der Waals surface area contributed by atoms with Crippen molar-refractivity contribution in [1.82, 2.24) is 4.98 Å². The van der Waals surface area contributed by atoms with Gasteiger partial charge in [0.1, 0.15) is 11.6 Å². The lowest BCUT2D eigenvalue weighted by Crippen LogP contribution is -1.93. The summed E-state index contributed by atoms with van der Waals surface area (Å²) >= 11 is 5.94. The van der Waals surface area contributed by atoms with E-state index in [2.05, 4.69) is 4.98 Å². The number of benzene rings is 1. The fourth-order valence-corrected chi connectivity index (χ4v) is 1.56. The predicted molar refractivity (Wildman–Crippen MR) is 59.1 cm³/mol. The molecule has 0 aliphatic heterocycles. The van der Waals surface area contributed by atoms with Crippen LogP contribution in [0, 0.1) is 5.82 Å². The minimum Gasteiger partial charge on any atom is -0.384 e. The van der Waals surface area contributed by atoms with Gasteiger partial charge in [0.05, 0.1) is 0 Å². The summed E-state index contributed by atoms with van der Waals surface area (Å²) in [7, 11) is 0. The van der Waals surface area contributed by atoms with Crippen LogP contribution in [0.25, 0.3) is 11.1 Å². The molecule has 1 aromatic heterocycles. The molecule has 2 nitrogen and oxygen atoms in total. The van der Waals surface area contributed by atoms with E-state index in [4.69, 9.17) is 17.3 Å². The maximum Gasteiger partial charge on any atom is 0.136 e. The van der Waals surface area contributed by atoms with Crippen LogP contribution in [0.1, 0.15) is 0 Å². The van der Waals surface area contributed by atoms with Crippen molar-refractivity contribution in [2.45, 2.75) is 0 Å². The summed E-state index contributed by atoms with van der Waals surface area (Å²) in [5.41, 5.74) is 6.33. The number of hydrogen-bond donors (Lipinski definition) is 1. The second-order valence-corrected chi connectivity index (χ2v) is 3.48. The fraction of sp³-hybridized carbons (Fsp3) is 0. The van der Waals surface area contributed by atoms with E-state index < -0.39 is 5.82 Å². The van der Waals surface area contributed by atoms with Crippen LogP contribution in [0.3, 0.4) is 0 Å². The molecule has 2 aromatic rings. The van der Waals surface area contributed by atoms with Gasteiger partial charge in [0.15, 0.2) is 0 Å². The molecule has 1 aromatic carbocycles. The number of aromatic nitrogens is 1. The minimum atomic E-state index is -0.421. The molecule has 76 valence electrons. The van der Waals surface area contributed by atoms with Crippen LogP contribution in [0.5, 0.6) is 0 Å². The third kappa shape index (κ3) is 1.92. The van der Waals surface area contributed by atoms with Gasteiger partial charge in [-0.05, 0) is 6.07 Å². The topological polar surface area (TPSA) is 38.9 Å². The number of nitrogens with zero attached hydrogens (tertiary/aromatic N) is 1. The number of hydrogen-bond acceptors (Lipinski definition) is 2. The lowest BCUT2D eigenvalue weighted by molar-refractivity contribution is 0.630. The molecule has 0 saturated carbocycles. The summed E-state index contributed by atoms with van der Waals surface area (Å²) < 4.78 is 13.5. The molecular formula is C11H8ClFN2. The maximum atomic E-state index is 13.5. The zero-order valence-corrected chi connectivity index (χ0v) is 8.50. The Morgan fingerprint density at radius 1 is 1.20 bits per heavy atom. The Kier molecular flexibility index (Phi) is 2.56. The predicted octanol–water partition coefficient (Wildman–Crippen LogP) is 3.12. The number of nitrogen functional groups attached to an aromatic ring is 1. The maximum absolute atomic E-state index is 13.5. The Morgan fingerprint density at radius 2 is 1.93 bits per heavy atom. The Bertz CT molecular complexity index is 500. The van der Waals surface area contributed by atoms with Gasteiger partial charge in [-0.2, -0.15) is 0 Å². The largest absolute Gasteiger partial charge is 0.384 e. The zero-order valence-electron chi connectivity index (χ0n) is 7.74. The third-order valence-electron chi connectivity index (χ3n) is 2.04. The molecule has 0 unspecified atom stereocenters. The summed E-state index contributed by atoms with van der Waals surface area (Å²) in [6.45, 7) is 0. The molecule has 0 aliphatic carbocycles. The fourth-order valence-electron chi connectivity index (χ4n) is 1.32. The summed E-state index contributed by atoms with van der Waals surface area (Å²) in [5, 5.41) is 0.489. The van der Waals surface area contributed by atoms with Crippen molar-refractivity contribution in [2.75, 3.05) is 5.73 Å². The molecular weight excluding hydrogens is 215 g/mol. The molecule has 0 atom stereocenters. The van der Waals surface area contributed by atoms with E-state index >= 15 is 0 Å². The van der Waals surface area contributed by atoms with E-state index in [1.165, 1.54) is 12.3 Å². The van der Waals surface area contributed by atoms with Crippen molar-refractivity contribution < 1.29 is 4.39 Å². The highest BCUT2D eigenvalue weighted by Gasteiger charge is 2.08. The molecule has 0 aliphatic rings. The van der Waals surface area contributed by atoms with Gasteiger partial charge in [-0.1, -0.05) is 29.8 Å². The Balaban J connectivity index is 2.60. The van der Waals surface area contributed by atoms with Crippen LogP contribution in [-0.2, 0) is 0 Å². The van der Waals surface area contributed by atoms with Crippen LogP contribution in [0.4, 0.5) is 10.2 Å². The summed E-state index contributed by atoms with van der Waals surface area (Å²) in [6.07, 6.45) is 1.38. The van der Waals surface area contributed by atoms with Crippen LogP contribution >= 0.6 is 11.6 Å². The van der Waals surface area contributed by atoms with Crippen molar-refractivity contribution in [3.63, 3.8) is 0 Å². The second kappa shape index (κ2) is 3.87. The molecule has 1 heterocycles. The summed E-state index contributed by atoms with van der Waals surface area (Å²) in [4.78, 5) is 3.84. The number of rotatable bonds is 1. The van der Waals surface area contributed by atoms with Gasteiger partial charge >= 0.3 is 0 Å². The average molecular weight is 223 g/mol. The Hall–Kier alpha value is -1.61. The highest BCUT2D eigenvalue weighted by Crippen LogP contribution is 2.29. The van der Waals surface area contributed by atoms with Crippen LogP contribution in [0.15, 0.2) is 36.5 Å². The van der Waals surface area contributed by atoms with Gasteiger partial charge in [0, 0.05) is 28.4 Å². The molecule has 2 rings (SSSR count). The number of halogens is 2. The molecule has 0 radical (unpaired) electrons. The SMILES string of the molecule is Nc1cc(F)c(-c2ccccc2Cl)cn1. The van der Waals surface area contributed by atoms with Crippen molar-refractivity contribution >= 4 is 17.4 Å². The van der Waals surface area contributed by atoms with Gasteiger partial charge in [-0.15, -0.1) is 0 Å². The van der Waals surface area contributed by atoms with Crippen molar-refractivity contribution in [2.24, 2.45) is 0 Å². The number of pyridine rings is 1. The smallest absolute Gasteiger partial charge is 0.136 e. The van der Waals surface area contributed by atoms with Gasteiger partial charge < -0.3 is 5.73 Å². The molecule has 0 bridgehead atoms. The quantitative estimate of drug-likeness (QED) is 0.805. The Labute approximate surface area is 91.5 Å². The van der Waals surface area contributed by atoms with Gasteiger partial charge in [-0.25, -0.2) is 9.37 Å². The molecule has 0 spiro atoms. The van der Waals surface area contributed by atoms with E-state index in [1.54, 1.807) is 24.3 Å². The average Bonchev–Trinajstić information content (AvgIpc) is 2.20. The first-order valence-electron chi connectivity index (χ1n) is 4.34. The first-order valence-corrected chi connectivity index (χ1v) is 4.72. The standard InChI is InChI=1S/C11H8ClFN2/c12-9-4-2-1-3-7(9)8-6-15-11(14)5-10(8)13/h1-6H,(H2,14,15). The van der Waals surface area contributed by atoms with E-state index in [9.17, 15) is 4.39 Å². The highest BCUT2D eigenvalue weighted by atomic mass is 35.5. The second-order valence-electron chi connectivity index (χ2n) is 3.07. The van der Waals surface area contributed by atoms with Crippen molar-refractivity contribution in [1.29, 1.82) is 0 Å². The highest BCUT2D eigenvalue weighted by molar-refractivity contribution is 6.33. The normalized spacial score (nSPS) is 10.3.